The van der Waals surface area contributed by atoms with Crippen molar-refractivity contribution in [3.8, 4) is 17.1 Å². The van der Waals surface area contributed by atoms with Crippen LogP contribution in [0.25, 0.3) is 115 Å². The number of anilines is 9. The average molecular weight is 1230 g/mol. The van der Waals surface area contributed by atoms with Gasteiger partial charge in [-0.1, -0.05) is 218 Å². The monoisotopic (exact) mass is 1220 g/mol. The molecule has 0 fully saturated rings. The van der Waals surface area contributed by atoms with Crippen LogP contribution in [0.5, 0.6) is 0 Å². The molecule has 0 saturated carbocycles. The van der Waals surface area contributed by atoms with Crippen molar-refractivity contribution in [2.24, 2.45) is 0 Å². The second-order valence-electron chi connectivity index (χ2n) is 24.9. The molecule has 0 unspecified atom stereocenters. The highest BCUT2D eigenvalue weighted by molar-refractivity contribution is 6.12. The summed E-state index contributed by atoms with van der Waals surface area (Å²) < 4.78 is 7.20. The van der Waals surface area contributed by atoms with Gasteiger partial charge in [-0.3, -0.25) is 0 Å². The lowest BCUT2D eigenvalue weighted by Gasteiger charge is -2.34. The van der Waals surface area contributed by atoms with Crippen LogP contribution in [0.1, 0.15) is 0 Å². The number of para-hydroxylation sites is 6. The van der Waals surface area contributed by atoms with Gasteiger partial charge < -0.3 is 28.4 Å². The van der Waals surface area contributed by atoms with Crippen LogP contribution in [0.3, 0.4) is 0 Å². The van der Waals surface area contributed by atoms with Crippen LogP contribution in [0.2, 0.25) is 0 Å². The van der Waals surface area contributed by atoms with Crippen LogP contribution in [-0.2, 0) is 0 Å². The number of nitrogens with zero attached hydrogens (tertiary/aromatic N) is 6. The third-order valence-electron chi connectivity index (χ3n) is 19.5. The second kappa shape index (κ2) is 22.4. The third-order valence-corrected chi connectivity index (χ3v) is 19.5. The molecule has 3 heterocycles. The van der Waals surface area contributed by atoms with Crippen molar-refractivity contribution in [3.63, 3.8) is 0 Å². The topological polar surface area (TPSA) is 24.5 Å². The Kier molecular flexibility index (Phi) is 12.8. The van der Waals surface area contributed by atoms with E-state index < -0.39 is 0 Å². The molecule has 0 aliphatic heterocycles. The number of rotatable bonds is 12. The summed E-state index contributed by atoms with van der Waals surface area (Å²) in [5.74, 6) is 0. The Labute approximate surface area is 555 Å². The van der Waals surface area contributed by atoms with Crippen LogP contribution in [-0.4, -0.2) is 13.7 Å². The van der Waals surface area contributed by atoms with Crippen molar-refractivity contribution in [1.82, 2.24) is 13.7 Å². The minimum absolute atomic E-state index is 0.975. The first-order valence-corrected chi connectivity index (χ1v) is 32.9. The standard InChI is InChI=1S/C90H60N6/c1-4-28-73-61(22-1)25-19-43-82(73)91(64-46-52-67(53-47-64)94-85-37-13-7-31-76(85)77-32-8-14-38-86(77)94)70-58-71(92(83-44-20-26-62-23-2-5-29-74(62)83)65-48-54-68(55-49-65)95-87-39-15-9-33-78(87)79-34-10-16-40-88(79)95)60-72(59-70)93(84-45-21-27-63-24-3-6-30-75(63)84)66-50-56-69(57-51-66)96-89-41-17-11-35-80(89)81-36-12-18-42-90(81)96/h1-60H. The van der Waals surface area contributed by atoms with Gasteiger partial charge in [0.2, 0.25) is 0 Å². The van der Waals surface area contributed by atoms with E-state index in [9.17, 15) is 0 Å². The molecule has 96 heavy (non-hydrogen) atoms. The highest BCUT2D eigenvalue weighted by Crippen LogP contribution is 2.50. The minimum atomic E-state index is 0.975. The lowest BCUT2D eigenvalue weighted by molar-refractivity contribution is 1.17. The summed E-state index contributed by atoms with van der Waals surface area (Å²) >= 11 is 0. The fourth-order valence-corrected chi connectivity index (χ4v) is 15.3. The van der Waals surface area contributed by atoms with Gasteiger partial charge in [0.15, 0.2) is 0 Å². The molecule has 3 aromatic heterocycles. The Morgan fingerprint density at radius 2 is 0.354 bits per heavy atom. The summed E-state index contributed by atoms with van der Waals surface area (Å²) in [7, 11) is 0. The van der Waals surface area contributed by atoms with E-state index in [-0.39, 0.29) is 0 Å². The molecule has 6 heteroatoms. The van der Waals surface area contributed by atoms with Gasteiger partial charge >= 0.3 is 0 Å². The molecule has 450 valence electrons. The molecule has 0 saturated heterocycles. The molecule has 0 amide bonds. The highest BCUT2D eigenvalue weighted by Gasteiger charge is 2.26. The molecule has 0 aliphatic carbocycles. The molecule has 0 N–H and O–H groups in total. The van der Waals surface area contributed by atoms with Gasteiger partial charge in [-0.2, -0.15) is 0 Å². The Morgan fingerprint density at radius 1 is 0.156 bits per heavy atom. The largest absolute Gasteiger partial charge is 0.310 e. The van der Waals surface area contributed by atoms with Crippen LogP contribution in [0.15, 0.2) is 364 Å². The molecule has 0 bridgehead atoms. The van der Waals surface area contributed by atoms with Crippen molar-refractivity contribution < 1.29 is 0 Å². The molecule has 19 aromatic rings. The predicted molar refractivity (Wildman–Crippen MR) is 406 cm³/mol. The molecule has 0 atom stereocenters. The first-order chi connectivity index (χ1) is 47.6. The van der Waals surface area contributed by atoms with Crippen LogP contribution in [0.4, 0.5) is 51.2 Å². The van der Waals surface area contributed by atoms with E-state index in [1.807, 2.05) is 0 Å². The summed E-state index contributed by atoms with van der Waals surface area (Å²) in [6, 6.07) is 134. The smallest absolute Gasteiger partial charge is 0.0541 e. The Hall–Kier alpha value is -12.9. The molecule has 6 nitrogen and oxygen atoms in total. The third kappa shape index (κ3) is 8.88. The second-order valence-corrected chi connectivity index (χ2v) is 24.9. The molecular formula is C90H60N6. The van der Waals surface area contributed by atoms with Gasteiger partial charge in [0.1, 0.15) is 0 Å². The number of hydrogen-bond donors (Lipinski definition) is 0. The lowest BCUT2D eigenvalue weighted by atomic mass is 10.0. The van der Waals surface area contributed by atoms with E-state index in [0.29, 0.717) is 0 Å². The molecular weight excluding hydrogens is 1170 g/mol. The maximum atomic E-state index is 2.48. The fourth-order valence-electron chi connectivity index (χ4n) is 15.3. The minimum Gasteiger partial charge on any atom is -0.310 e. The molecule has 0 spiro atoms. The first-order valence-electron chi connectivity index (χ1n) is 32.9. The van der Waals surface area contributed by atoms with Gasteiger partial charge in [0.25, 0.3) is 0 Å². The van der Waals surface area contributed by atoms with E-state index >= 15 is 0 Å². The fraction of sp³-hybridized carbons (Fsp3) is 0. The number of aromatic nitrogens is 3. The summed E-state index contributed by atoms with van der Waals surface area (Å²) in [4.78, 5) is 7.43. The first kappa shape index (κ1) is 54.8. The van der Waals surface area contributed by atoms with E-state index in [1.54, 1.807) is 0 Å². The van der Waals surface area contributed by atoms with Crippen LogP contribution < -0.4 is 14.7 Å². The maximum absolute atomic E-state index is 2.48. The van der Waals surface area contributed by atoms with Gasteiger partial charge in [0, 0.05) is 82.6 Å². The van der Waals surface area contributed by atoms with Crippen molar-refractivity contribution in [2.45, 2.75) is 0 Å². The van der Waals surface area contributed by atoms with Crippen molar-refractivity contribution in [2.75, 3.05) is 14.7 Å². The molecule has 0 aliphatic rings. The van der Waals surface area contributed by atoms with E-state index in [2.05, 4.69) is 392 Å². The summed E-state index contributed by atoms with van der Waals surface area (Å²) in [6.07, 6.45) is 0. The van der Waals surface area contributed by atoms with Crippen LogP contribution >= 0.6 is 0 Å². The average Bonchev–Trinajstić information content (AvgIpc) is 1.59. The van der Waals surface area contributed by atoms with Gasteiger partial charge in [0.05, 0.1) is 67.2 Å². The number of benzene rings is 16. The zero-order valence-corrected chi connectivity index (χ0v) is 52.3. The number of fused-ring (bicyclic) bond motifs is 12. The summed E-state index contributed by atoms with van der Waals surface area (Å²) in [6.45, 7) is 0. The van der Waals surface area contributed by atoms with E-state index in [4.69, 9.17) is 0 Å². The SMILES string of the molecule is c1ccc2c(N(c3ccc(-n4c5ccccc5c5ccccc54)cc3)c3cc(N(c4ccc(-n5c6ccccc6c6ccccc65)cc4)c4cccc5ccccc45)cc(N(c4ccc(-n5c6ccccc6c6ccccc65)cc4)c4cccc5ccccc45)c3)cccc2c1. The lowest BCUT2D eigenvalue weighted by Crippen LogP contribution is -2.17. The Balaban J connectivity index is 0.880. The summed E-state index contributed by atoms with van der Waals surface area (Å²) in [5.41, 5.74) is 19.4. The molecule has 16 aromatic carbocycles. The van der Waals surface area contributed by atoms with Crippen molar-refractivity contribution in [1.29, 1.82) is 0 Å². The van der Waals surface area contributed by atoms with E-state index in [0.717, 1.165) is 101 Å². The van der Waals surface area contributed by atoms with Crippen molar-refractivity contribution >= 4 is 149 Å². The number of hydrogen-bond acceptors (Lipinski definition) is 3. The van der Waals surface area contributed by atoms with Gasteiger partial charge in [-0.15, -0.1) is 0 Å². The van der Waals surface area contributed by atoms with Crippen molar-refractivity contribution in [3.05, 3.63) is 364 Å². The molecule has 19 rings (SSSR count). The quantitative estimate of drug-likeness (QED) is 0.122. The highest BCUT2D eigenvalue weighted by atomic mass is 15.2. The molecule has 0 radical (unpaired) electrons. The van der Waals surface area contributed by atoms with Gasteiger partial charge in [-0.25, -0.2) is 0 Å². The zero-order valence-electron chi connectivity index (χ0n) is 52.3. The normalized spacial score (nSPS) is 11.8. The zero-order chi connectivity index (χ0) is 63.2. The van der Waals surface area contributed by atoms with E-state index in [1.165, 1.54) is 65.4 Å². The van der Waals surface area contributed by atoms with Gasteiger partial charge in [-0.05, 0) is 162 Å². The predicted octanol–water partition coefficient (Wildman–Crippen LogP) is 24.8. The summed E-state index contributed by atoms with van der Waals surface area (Å²) in [5, 5.41) is 14.2. The van der Waals surface area contributed by atoms with Crippen LogP contribution in [0, 0.1) is 0 Å². The maximum Gasteiger partial charge on any atom is 0.0541 e. The Morgan fingerprint density at radius 3 is 0.594 bits per heavy atom. The Bertz CT molecular complexity index is 5440.